The lowest BCUT2D eigenvalue weighted by Crippen LogP contribution is -2.40. The lowest BCUT2D eigenvalue weighted by Gasteiger charge is -2.26. The van der Waals surface area contributed by atoms with Gasteiger partial charge in [-0.05, 0) is 29.8 Å². The Bertz CT molecular complexity index is 1170. The number of pyridine rings is 1. The monoisotopic (exact) mass is 480 g/mol. The molecule has 2 heterocycles. The van der Waals surface area contributed by atoms with Crippen molar-refractivity contribution in [3.63, 3.8) is 0 Å². The molecule has 0 radical (unpaired) electrons. The molecule has 0 saturated heterocycles. The molecule has 0 fully saturated rings. The first-order valence-electron chi connectivity index (χ1n) is 10.3. The molecule has 0 saturated carbocycles. The van der Waals surface area contributed by atoms with Crippen molar-refractivity contribution in [3.05, 3.63) is 99.9 Å². The Hall–Kier alpha value is -3.55. The molecular weight excluding hydrogens is 459 g/mol. The maximum Gasteiger partial charge on any atom is 0.258 e. The predicted molar refractivity (Wildman–Crippen MR) is 133 cm³/mol. The van der Waals surface area contributed by atoms with Crippen molar-refractivity contribution in [1.82, 2.24) is 15.2 Å². The van der Waals surface area contributed by atoms with Crippen molar-refractivity contribution in [2.45, 2.75) is 12.7 Å². The van der Waals surface area contributed by atoms with Gasteiger partial charge in [-0.15, -0.1) is 0 Å². The smallest absolute Gasteiger partial charge is 0.258 e. The van der Waals surface area contributed by atoms with Gasteiger partial charge in [-0.25, -0.2) is 4.98 Å². The van der Waals surface area contributed by atoms with E-state index in [1.807, 2.05) is 30.6 Å². The first-order chi connectivity index (χ1) is 16.0. The van der Waals surface area contributed by atoms with E-state index in [0.29, 0.717) is 28.6 Å². The Labute approximate surface area is 201 Å². The Morgan fingerprint density at radius 2 is 1.91 bits per heavy atom. The number of hydrogen-bond acceptors (Lipinski definition) is 6. The van der Waals surface area contributed by atoms with Crippen molar-refractivity contribution >= 4 is 46.8 Å². The van der Waals surface area contributed by atoms with Crippen LogP contribution in [0.1, 0.15) is 21.5 Å². The summed E-state index contributed by atoms with van der Waals surface area (Å²) in [4.78, 5) is 19.2. The van der Waals surface area contributed by atoms with Crippen molar-refractivity contribution in [1.29, 1.82) is 5.41 Å². The third-order valence-electron chi connectivity index (χ3n) is 5.17. The van der Waals surface area contributed by atoms with Gasteiger partial charge >= 0.3 is 0 Å². The van der Waals surface area contributed by atoms with E-state index in [4.69, 9.17) is 28.6 Å². The van der Waals surface area contributed by atoms with Crippen molar-refractivity contribution in [2.75, 3.05) is 17.2 Å². The summed E-state index contributed by atoms with van der Waals surface area (Å²) < 4.78 is 0. The molecular formula is C24H22Cl2N6O. The third-order valence-corrected chi connectivity index (χ3v) is 5.83. The number of nitrogens with one attached hydrogen (secondary N) is 4. The van der Waals surface area contributed by atoms with Gasteiger partial charge in [0.15, 0.2) is 0 Å². The fourth-order valence-electron chi connectivity index (χ4n) is 3.44. The summed E-state index contributed by atoms with van der Waals surface area (Å²) in [5.74, 6) is 0.0200. The second kappa shape index (κ2) is 10.4. The molecule has 33 heavy (non-hydrogen) atoms. The fourth-order valence-corrected chi connectivity index (χ4v) is 3.85. The molecule has 3 aromatic rings. The van der Waals surface area contributed by atoms with Crippen LogP contribution in [0.25, 0.3) is 0 Å². The Kier molecular flexibility index (Phi) is 7.12. The molecule has 1 amide bonds. The molecule has 4 rings (SSSR count). The molecule has 7 nitrogen and oxygen atoms in total. The summed E-state index contributed by atoms with van der Waals surface area (Å²) >= 11 is 12.4. The van der Waals surface area contributed by atoms with Crippen LogP contribution in [0.5, 0.6) is 0 Å². The summed E-state index contributed by atoms with van der Waals surface area (Å²) in [5, 5.41) is 17.9. The number of hydrogen-bond donors (Lipinski definition) is 4. The number of rotatable bonds is 8. The van der Waals surface area contributed by atoms with Gasteiger partial charge in [-0.3, -0.25) is 4.79 Å². The highest BCUT2D eigenvalue weighted by Gasteiger charge is 2.21. The van der Waals surface area contributed by atoms with E-state index in [1.165, 1.54) is 11.8 Å². The lowest BCUT2D eigenvalue weighted by molar-refractivity contribution is 0.102. The fraction of sp³-hybridized carbons (Fsp3) is 0.125. The summed E-state index contributed by atoms with van der Waals surface area (Å²) in [6.07, 6.45) is 6.40. The third kappa shape index (κ3) is 5.45. The standard InChI is InChI=1S/C24H22Cl2N6O/c25-17-6-8-18(9-7-17)31-24(33)20-13-29-23(19(12-27)22(20)26)30-14-21-28-10-11-32(21)15-16-4-2-1-3-5-16/h1-13,21,27-28H,14-15H2,(H,29,30)(H,31,33). The number of amides is 1. The zero-order valence-corrected chi connectivity index (χ0v) is 19.1. The van der Waals surface area contributed by atoms with Gasteiger partial charge in [-0.2, -0.15) is 0 Å². The number of anilines is 2. The highest BCUT2D eigenvalue weighted by Crippen LogP contribution is 2.26. The van der Waals surface area contributed by atoms with Gasteiger partial charge in [-0.1, -0.05) is 53.5 Å². The van der Waals surface area contributed by atoms with E-state index in [9.17, 15) is 4.79 Å². The maximum atomic E-state index is 12.7. The molecule has 4 N–H and O–H groups in total. The summed E-state index contributed by atoms with van der Waals surface area (Å²) in [7, 11) is 0. The molecule has 1 aromatic heterocycles. The number of halogens is 2. The predicted octanol–water partition coefficient (Wildman–Crippen LogP) is 4.95. The van der Waals surface area contributed by atoms with E-state index in [0.717, 1.165) is 12.8 Å². The summed E-state index contributed by atoms with van der Waals surface area (Å²) in [6.45, 7) is 1.27. The zero-order chi connectivity index (χ0) is 23.2. The molecule has 1 atom stereocenters. The average molecular weight is 481 g/mol. The maximum absolute atomic E-state index is 12.7. The Morgan fingerprint density at radius 3 is 2.64 bits per heavy atom. The molecule has 0 bridgehead atoms. The van der Waals surface area contributed by atoms with Gasteiger partial charge in [0.1, 0.15) is 12.0 Å². The highest BCUT2D eigenvalue weighted by atomic mass is 35.5. The van der Waals surface area contributed by atoms with Gasteiger partial charge in [0.25, 0.3) is 5.91 Å². The van der Waals surface area contributed by atoms with Crippen LogP contribution in [0, 0.1) is 5.41 Å². The largest absolute Gasteiger partial charge is 0.369 e. The first kappa shape index (κ1) is 22.6. The van der Waals surface area contributed by atoms with Gasteiger partial charge in [0.05, 0.1) is 22.7 Å². The second-order valence-electron chi connectivity index (χ2n) is 7.39. The topological polar surface area (TPSA) is 93.1 Å². The number of aromatic nitrogens is 1. The molecule has 1 aliphatic rings. The second-order valence-corrected chi connectivity index (χ2v) is 8.20. The molecule has 1 aliphatic heterocycles. The van der Waals surface area contributed by atoms with Crippen LogP contribution in [0.3, 0.4) is 0 Å². The number of carbonyl (C=O) groups is 1. The summed E-state index contributed by atoms with van der Waals surface area (Å²) in [5.41, 5.74) is 2.31. The molecule has 1 unspecified atom stereocenters. The molecule has 0 spiro atoms. The van der Waals surface area contributed by atoms with Gasteiger partial charge in [0.2, 0.25) is 0 Å². The van der Waals surface area contributed by atoms with E-state index in [1.54, 1.807) is 24.3 Å². The quantitative estimate of drug-likeness (QED) is 0.342. The van der Waals surface area contributed by atoms with Crippen LogP contribution in [-0.2, 0) is 6.54 Å². The van der Waals surface area contributed by atoms with Crippen molar-refractivity contribution < 1.29 is 4.79 Å². The minimum absolute atomic E-state index is 0.00255. The summed E-state index contributed by atoms with van der Waals surface area (Å²) in [6, 6.07) is 16.9. The first-order valence-corrected chi connectivity index (χ1v) is 11.0. The van der Waals surface area contributed by atoms with Crippen LogP contribution in [-0.4, -0.2) is 34.7 Å². The number of carbonyl (C=O) groups excluding carboxylic acids is 1. The normalized spacial score (nSPS) is 14.6. The van der Waals surface area contributed by atoms with E-state index >= 15 is 0 Å². The van der Waals surface area contributed by atoms with Crippen molar-refractivity contribution in [3.8, 4) is 0 Å². The van der Waals surface area contributed by atoms with E-state index in [-0.39, 0.29) is 16.8 Å². The van der Waals surface area contributed by atoms with Gasteiger partial charge < -0.3 is 26.3 Å². The molecule has 0 aliphatic carbocycles. The van der Waals surface area contributed by atoms with Crippen LogP contribution in [0.15, 0.2) is 73.2 Å². The highest BCUT2D eigenvalue weighted by molar-refractivity contribution is 6.37. The molecule has 168 valence electrons. The number of nitrogens with zero attached hydrogens (tertiary/aromatic N) is 2. The molecule has 2 aromatic carbocycles. The van der Waals surface area contributed by atoms with Crippen LogP contribution in [0.4, 0.5) is 11.5 Å². The Morgan fingerprint density at radius 1 is 1.15 bits per heavy atom. The SMILES string of the molecule is N=Cc1c(NCC2NC=CN2Cc2ccccc2)ncc(C(=O)Nc2ccc(Cl)cc2)c1Cl. The van der Waals surface area contributed by atoms with Crippen molar-refractivity contribution in [2.24, 2.45) is 0 Å². The minimum Gasteiger partial charge on any atom is -0.369 e. The van der Waals surface area contributed by atoms with Crippen LogP contribution >= 0.6 is 23.2 Å². The molecule has 9 heteroatoms. The van der Waals surface area contributed by atoms with Crippen LogP contribution in [0.2, 0.25) is 10.0 Å². The minimum atomic E-state index is -0.417. The average Bonchev–Trinajstić information content (AvgIpc) is 3.26. The number of benzene rings is 2. The zero-order valence-electron chi connectivity index (χ0n) is 17.6. The van der Waals surface area contributed by atoms with Crippen LogP contribution < -0.4 is 16.0 Å². The van der Waals surface area contributed by atoms with E-state index < -0.39 is 5.91 Å². The van der Waals surface area contributed by atoms with Gasteiger partial charge in [0, 0.05) is 42.1 Å². The van der Waals surface area contributed by atoms with E-state index in [2.05, 4.69) is 38.0 Å². The lowest BCUT2D eigenvalue weighted by atomic mass is 10.1. The Balaban J connectivity index is 1.44.